The smallest absolute Gasteiger partial charge is 0.246 e. The molecule has 0 bridgehead atoms. The van der Waals surface area contributed by atoms with Crippen LogP contribution >= 0.6 is 0 Å². The van der Waals surface area contributed by atoms with Crippen molar-refractivity contribution >= 4 is 10.0 Å². The number of piperazine rings is 1. The van der Waals surface area contributed by atoms with Crippen LogP contribution in [-0.2, 0) is 16.7 Å². The van der Waals surface area contributed by atoms with Crippen molar-refractivity contribution in [3.05, 3.63) is 66.4 Å². The summed E-state index contributed by atoms with van der Waals surface area (Å²) in [6.45, 7) is 1.35. The third-order valence-electron chi connectivity index (χ3n) is 4.96. The van der Waals surface area contributed by atoms with Gasteiger partial charge in [0.25, 0.3) is 0 Å². The van der Waals surface area contributed by atoms with E-state index in [2.05, 4.69) is 10.1 Å². The van der Waals surface area contributed by atoms with Crippen LogP contribution in [-0.4, -0.2) is 58.6 Å². The van der Waals surface area contributed by atoms with E-state index in [1.165, 1.54) is 0 Å². The monoisotopic (exact) mass is 437 g/mol. The molecule has 30 heavy (non-hydrogen) atoms. The summed E-state index contributed by atoms with van der Waals surface area (Å²) in [6.07, 6.45) is 5.09. The molecule has 0 N–H and O–H groups in total. The SMILES string of the molecule is O=S(=O)(c1ccc(F)c(F)c1F)N1CCN(Cn2nccc2-c2cccnc2)CC1. The number of sulfonamides is 1. The molecular formula is C19H18F3N5O2S. The Balaban J connectivity index is 1.45. The van der Waals surface area contributed by atoms with E-state index in [0.717, 1.165) is 21.6 Å². The van der Waals surface area contributed by atoms with Crippen LogP contribution < -0.4 is 0 Å². The van der Waals surface area contributed by atoms with E-state index in [4.69, 9.17) is 0 Å². The van der Waals surface area contributed by atoms with Gasteiger partial charge in [0, 0.05) is 50.3 Å². The van der Waals surface area contributed by atoms with Crippen LogP contribution in [0.1, 0.15) is 0 Å². The van der Waals surface area contributed by atoms with Crippen molar-refractivity contribution in [2.45, 2.75) is 11.6 Å². The van der Waals surface area contributed by atoms with Gasteiger partial charge in [0.15, 0.2) is 17.5 Å². The van der Waals surface area contributed by atoms with Gasteiger partial charge in [-0.2, -0.15) is 9.40 Å². The zero-order chi connectivity index (χ0) is 21.3. The summed E-state index contributed by atoms with van der Waals surface area (Å²) in [5, 5.41) is 4.32. The predicted octanol–water partition coefficient (Wildman–Crippen LogP) is 2.33. The Bertz CT molecular complexity index is 1150. The Labute approximate surface area is 171 Å². The van der Waals surface area contributed by atoms with Crippen LogP contribution in [0.5, 0.6) is 0 Å². The Kier molecular flexibility index (Phi) is 5.58. The van der Waals surface area contributed by atoms with Gasteiger partial charge in [-0.15, -0.1) is 0 Å². The zero-order valence-electron chi connectivity index (χ0n) is 15.7. The molecule has 11 heteroatoms. The van der Waals surface area contributed by atoms with Gasteiger partial charge < -0.3 is 0 Å². The van der Waals surface area contributed by atoms with E-state index < -0.39 is 32.4 Å². The van der Waals surface area contributed by atoms with E-state index in [9.17, 15) is 21.6 Å². The first-order valence-electron chi connectivity index (χ1n) is 9.16. The summed E-state index contributed by atoms with van der Waals surface area (Å²) in [4.78, 5) is 5.24. The number of aromatic nitrogens is 3. The first kappa shape index (κ1) is 20.5. The second-order valence-corrected chi connectivity index (χ2v) is 8.70. The maximum atomic E-state index is 14.0. The van der Waals surface area contributed by atoms with Gasteiger partial charge >= 0.3 is 0 Å². The van der Waals surface area contributed by atoms with Gasteiger partial charge in [0.1, 0.15) is 4.90 Å². The molecule has 0 saturated carbocycles. The molecular weight excluding hydrogens is 419 g/mol. The van der Waals surface area contributed by atoms with E-state index in [-0.39, 0.29) is 13.1 Å². The van der Waals surface area contributed by atoms with Crippen molar-refractivity contribution in [2.24, 2.45) is 0 Å². The average molecular weight is 437 g/mol. The molecule has 1 aliphatic heterocycles. The lowest BCUT2D eigenvalue weighted by atomic mass is 10.2. The Morgan fingerprint density at radius 3 is 2.40 bits per heavy atom. The largest absolute Gasteiger partial charge is 0.282 e. The average Bonchev–Trinajstić information content (AvgIpc) is 3.21. The first-order chi connectivity index (χ1) is 14.4. The molecule has 0 atom stereocenters. The molecule has 158 valence electrons. The topological polar surface area (TPSA) is 71.3 Å². The Morgan fingerprint density at radius 1 is 0.933 bits per heavy atom. The van der Waals surface area contributed by atoms with Gasteiger partial charge in [0.2, 0.25) is 10.0 Å². The normalized spacial score (nSPS) is 16.1. The van der Waals surface area contributed by atoms with Crippen molar-refractivity contribution in [3.8, 4) is 11.3 Å². The lowest BCUT2D eigenvalue weighted by Gasteiger charge is -2.34. The van der Waals surface area contributed by atoms with Crippen LogP contribution in [0, 0.1) is 17.5 Å². The summed E-state index contributed by atoms with van der Waals surface area (Å²) in [5.41, 5.74) is 1.78. The molecule has 4 rings (SSSR count). The molecule has 0 amide bonds. The fourth-order valence-electron chi connectivity index (χ4n) is 3.35. The molecule has 1 aliphatic rings. The van der Waals surface area contributed by atoms with Gasteiger partial charge in [-0.1, -0.05) is 0 Å². The molecule has 0 radical (unpaired) electrons. The van der Waals surface area contributed by atoms with Gasteiger partial charge in [-0.3, -0.25) is 14.6 Å². The third kappa shape index (κ3) is 3.83. The number of rotatable bonds is 5. The molecule has 0 aliphatic carbocycles. The second kappa shape index (κ2) is 8.17. The molecule has 0 spiro atoms. The van der Waals surface area contributed by atoms with Crippen molar-refractivity contribution in [1.82, 2.24) is 24.0 Å². The van der Waals surface area contributed by atoms with Crippen molar-refractivity contribution in [3.63, 3.8) is 0 Å². The minimum absolute atomic E-state index is 0.0876. The summed E-state index contributed by atoms with van der Waals surface area (Å²) in [6, 6.07) is 6.97. The van der Waals surface area contributed by atoms with Crippen LogP contribution in [0.25, 0.3) is 11.3 Å². The van der Waals surface area contributed by atoms with Crippen LogP contribution in [0.4, 0.5) is 13.2 Å². The van der Waals surface area contributed by atoms with Crippen molar-refractivity contribution < 1.29 is 21.6 Å². The van der Waals surface area contributed by atoms with E-state index in [1.807, 2.05) is 23.1 Å². The first-order valence-corrected chi connectivity index (χ1v) is 10.6. The number of nitrogens with zero attached hydrogens (tertiary/aromatic N) is 5. The Hall–Kier alpha value is -2.76. The maximum Gasteiger partial charge on any atom is 0.246 e. The molecule has 1 saturated heterocycles. The fourth-order valence-corrected chi connectivity index (χ4v) is 4.83. The highest BCUT2D eigenvalue weighted by Crippen LogP contribution is 2.24. The highest BCUT2D eigenvalue weighted by Gasteiger charge is 2.32. The molecule has 2 aromatic heterocycles. The number of hydrogen-bond acceptors (Lipinski definition) is 5. The molecule has 0 unspecified atom stereocenters. The number of halogens is 3. The van der Waals surface area contributed by atoms with E-state index >= 15 is 0 Å². The number of benzene rings is 1. The standard InChI is InChI=1S/C19H18F3N5O2S/c20-15-3-4-17(19(22)18(15)21)30(28,29)26-10-8-25(9-11-26)13-27-16(5-7-24-27)14-2-1-6-23-12-14/h1-7,12H,8-11,13H2. The lowest BCUT2D eigenvalue weighted by Crippen LogP contribution is -2.49. The third-order valence-corrected chi connectivity index (χ3v) is 6.87. The summed E-state index contributed by atoms with van der Waals surface area (Å²) < 4.78 is 68.9. The van der Waals surface area contributed by atoms with Crippen LogP contribution in [0.3, 0.4) is 0 Å². The molecule has 3 heterocycles. The summed E-state index contributed by atoms with van der Waals surface area (Å²) >= 11 is 0. The summed E-state index contributed by atoms with van der Waals surface area (Å²) in [5.74, 6) is -4.92. The fraction of sp³-hybridized carbons (Fsp3) is 0.263. The van der Waals surface area contributed by atoms with Crippen molar-refractivity contribution in [2.75, 3.05) is 26.2 Å². The van der Waals surface area contributed by atoms with Gasteiger partial charge in [0.05, 0.1) is 12.4 Å². The van der Waals surface area contributed by atoms with Crippen molar-refractivity contribution in [1.29, 1.82) is 0 Å². The molecule has 3 aromatic rings. The molecule has 7 nitrogen and oxygen atoms in total. The minimum atomic E-state index is -4.27. The van der Waals surface area contributed by atoms with Gasteiger partial charge in [-0.05, 0) is 30.3 Å². The zero-order valence-corrected chi connectivity index (χ0v) is 16.6. The van der Waals surface area contributed by atoms with E-state index in [0.29, 0.717) is 25.8 Å². The van der Waals surface area contributed by atoms with Gasteiger partial charge in [-0.25, -0.2) is 21.6 Å². The molecule has 1 aromatic carbocycles. The van der Waals surface area contributed by atoms with Crippen LogP contribution in [0.2, 0.25) is 0 Å². The number of hydrogen-bond donors (Lipinski definition) is 0. The van der Waals surface area contributed by atoms with E-state index in [1.54, 1.807) is 23.3 Å². The second-order valence-electron chi connectivity index (χ2n) is 6.79. The quantitative estimate of drug-likeness (QED) is 0.573. The Morgan fingerprint density at radius 2 is 1.70 bits per heavy atom. The molecule has 1 fully saturated rings. The minimum Gasteiger partial charge on any atom is -0.282 e. The predicted molar refractivity (Wildman–Crippen MR) is 102 cm³/mol. The highest BCUT2D eigenvalue weighted by atomic mass is 32.2. The highest BCUT2D eigenvalue weighted by molar-refractivity contribution is 7.89. The summed E-state index contributed by atoms with van der Waals surface area (Å²) in [7, 11) is -4.27. The van der Waals surface area contributed by atoms with Crippen LogP contribution in [0.15, 0.2) is 53.8 Å². The number of pyridine rings is 1. The lowest BCUT2D eigenvalue weighted by molar-refractivity contribution is 0.146. The maximum absolute atomic E-state index is 14.0.